The van der Waals surface area contributed by atoms with Gasteiger partial charge in [0.1, 0.15) is 5.75 Å². The van der Waals surface area contributed by atoms with Gasteiger partial charge in [0.25, 0.3) is 0 Å². The van der Waals surface area contributed by atoms with Gasteiger partial charge in [-0.2, -0.15) is 5.10 Å². The van der Waals surface area contributed by atoms with Crippen molar-refractivity contribution in [2.75, 3.05) is 0 Å². The van der Waals surface area contributed by atoms with Crippen molar-refractivity contribution >= 4 is 24.0 Å². The predicted molar refractivity (Wildman–Crippen MR) is 117 cm³/mol. The van der Waals surface area contributed by atoms with Gasteiger partial charge in [-0.25, -0.2) is 10.2 Å². The van der Waals surface area contributed by atoms with Crippen molar-refractivity contribution in [3.63, 3.8) is 0 Å². The SMILES string of the molecule is Cc1cccc(C(=O)Oc2ccccc2/C=N/NC(=O)C(=O)NCc2ccccc2)c1. The van der Waals surface area contributed by atoms with Crippen molar-refractivity contribution in [3.05, 3.63) is 101 Å². The minimum Gasteiger partial charge on any atom is -0.422 e. The first-order valence-corrected chi connectivity index (χ1v) is 9.56. The number of rotatable bonds is 6. The fraction of sp³-hybridized carbons (Fsp3) is 0.0833. The summed E-state index contributed by atoms with van der Waals surface area (Å²) >= 11 is 0. The first-order valence-electron chi connectivity index (χ1n) is 9.56. The average molecular weight is 415 g/mol. The van der Waals surface area contributed by atoms with E-state index in [1.54, 1.807) is 42.5 Å². The highest BCUT2D eigenvalue weighted by Gasteiger charge is 2.13. The Morgan fingerprint density at radius 2 is 1.65 bits per heavy atom. The molecule has 7 heteroatoms. The number of benzene rings is 3. The van der Waals surface area contributed by atoms with Crippen LogP contribution in [0.25, 0.3) is 0 Å². The van der Waals surface area contributed by atoms with E-state index in [1.807, 2.05) is 43.3 Å². The fourth-order valence-corrected chi connectivity index (χ4v) is 2.68. The number of aryl methyl sites for hydroxylation is 1. The molecule has 0 aliphatic carbocycles. The average Bonchev–Trinajstić information content (AvgIpc) is 2.79. The summed E-state index contributed by atoms with van der Waals surface area (Å²) in [5.41, 5.74) is 4.87. The van der Waals surface area contributed by atoms with Gasteiger partial charge in [0, 0.05) is 12.1 Å². The standard InChI is InChI=1S/C24H21N3O4/c1-17-8-7-12-19(14-17)24(30)31-21-13-6-5-11-20(21)16-26-27-23(29)22(28)25-15-18-9-3-2-4-10-18/h2-14,16H,15H2,1H3,(H,25,28)(H,27,29)/b26-16+. The van der Waals surface area contributed by atoms with E-state index in [4.69, 9.17) is 4.74 Å². The lowest BCUT2D eigenvalue weighted by Crippen LogP contribution is -2.37. The number of hydrogen-bond donors (Lipinski definition) is 2. The normalized spacial score (nSPS) is 10.5. The van der Waals surface area contributed by atoms with Gasteiger partial charge >= 0.3 is 17.8 Å². The molecular formula is C24H21N3O4. The second-order valence-corrected chi connectivity index (χ2v) is 6.66. The van der Waals surface area contributed by atoms with Crippen molar-refractivity contribution in [1.82, 2.24) is 10.7 Å². The maximum atomic E-state index is 12.4. The molecule has 3 aromatic rings. The summed E-state index contributed by atoms with van der Waals surface area (Å²) in [5, 5.41) is 6.31. The third kappa shape index (κ3) is 6.37. The van der Waals surface area contributed by atoms with Gasteiger partial charge in [-0.15, -0.1) is 0 Å². The van der Waals surface area contributed by atoms with Crippen molar-refractivity contribution in [3.8, 4) is 5.75 Å². The van der Waals surface area contributed by atoms with Crippen molar-refractivity contribution in [2.24, 2.45) is 5.10 Å². The van der Waals surface area contributed by atoms with Gasteiger partial charge in [-0.3, -0.25) is 9.59 Å². The fourth-order valence-electron chi connectivity index (χ4n) is 2.68. The van der Waals surface area contributed by atoms with Crippen molar-refractivity contribution < 1.29 is 19.1 Å². The molecule has 0 aromatic heterocycles. The molecule has 0 radical (unpaired) electrons. The number of hydrazone groups is 1. The summed E-state index contributed by atoms with van der Waals surface area (Å²) in [6, 6.07) is 23.0. The maximum Gasteiger partial charge on any atom is 0.343 e. The second kappa shape index (κ2) is 10.5. The third-order valence-corrected chi connectivity index (χ3v) is 4.25. The van der Waals surface area contributed by atoms with Crippen molar-refractivity contribution in [2.45, 2.75) is 13.5 Å². The lowest BCUT2D eigenvalue weighted by molar-refractivity contribution is -0.139. The van der Waals surface area contributed by atoms with E-state index in [0.717, 1.165) is 11.1 Å². The van der Waals surface area contributed by atoms with E-state index in [0.29, 0.717) is 11.1 Å². The molecule has 31 heavy (non-hydrogen) atoms. The minimum atomic E-state index is -0.901. The van der Waals surface area contributed by atoms with Crippen LogP contribution in [0.1, 0.15) is 27.0 Å². The van der Waals surface area contributed by atoms with Crippen LogP contribution in [0.4, 0.5) is 0 Å². The maximum absolute atomic E-state index is 12.4. The van der Waals surface area contributed by atoms with E-state index < -0.39 is 17.8 Å². The predicted octanol–water partition coefficient (Wildman–Crippen LogP) is 2.98. The first-order chi connectivity index (χ1) is 15.0. The Bertz CT molecular complexity index is 1110. The molecule has 0 atom stereocenters. The molecule has 0 saturated carbocycles. The van der Waals surface area contributed by atoms with E-state index in [9.17, 15) is 14.4 Å². The summed E-state index contributed by atoms with van der Waals surface area (Å²) < 4.78 is 5.46. The molecule has 7 nitrogen and oxygen atoms in total. The van der Waals surface area contributed by atoms with Crippen LogP contribution in [-0.4, -0.2) is 24.0 Å². The zero-order valence-corrected chi connectivity index (χ0v) is 16.9. The minimum absolute atomic E-state index is 0.231. The van der Waals surface area contributed by atoms with Gasteiger partial charge in [-0.1, -0.05) is 60.2 Å². The monoisotopic (exact) mass is 415 g/mol. The number of carbonyl (C=O) groups is 3. The second-order valence-electron chi connectivity index (χ2n) is 6.66. The lowest BCUT2D eigenvalue weighted by Gasteiger charge is -2.08. The van der Waals surface area contributed by atoms with Crippen LogP contribution in [0.2, 0.25) is 0 Å². The Hall–Kier alpha value is -4.26. The van der Waals surface area contributed by atoms with E-state index in [1.165, 1.54) is 6.21 Å². The molecule has 0 fully saturated rings. The van der Waals surface area contributed by atoms with Gasteiger partial charge in [-0.05, 0) is 36.8 Å². The molecular weight excluding hydrogens is 394 g/mol. The Labute approximate surface area is 179 Å². The number of ether oxygens (including phenoxy) is 1. The lowest BCUT2D eigenvalue weighted by atomic mass is 10.1. The van der Waals surface area contributed by atoms with Crippen LogP contribution < -0.4 is 15.5 Å². The molecule has 0 unspecified atom stereocenters. The molecule has 0 aliphatic heterocycles. The van der Waals surface area contributed by atoms with Gasteiger partial charge in [0.2, 0.25) is 0 Å². The van der Waals surface area contributed by atoms with Crippen LogP contribution in [0.3, 0.4) is 0 Å². The van der Waals surface area contributed by atoms with Gasteiger partial charge in [0.05, 0.1) is 11.8 Å². The smallest absolute Gasteiger partial charge is 0.343 e. The van der Waals surface area contributed by atoms with Gasteiger partial charge in [0.15, 0.2) is 0 Å². The van der Waals surface area contributed by atoms with Crippen LogP contribution >= 0.6 is 0 Å². The highest BCUT2D eigenvalue weighted by Crippen LogP contribution is 2.18. The quantitative estimate of drug-likeness (QED) is 0.213. The number of carbonyl (C=O) groups excluding carboxylic acids is 3. The number of nitrogens with one attached hydrogen (secondary N) is 2. The van der Waals surface area contributed by atoms with Crippen molar-refractivity contribution in [1.29, 1.82) is 0 Å². The number of nitrogens with zero attached hydrogens (tertiary/aromatic N) is 1. The molecule has 2 amide bonds. The highest BCUT2D eigenvalue weighted by molar-refractivity contribution is 6.35. The molecule has 3 rings (SSSR count). The third-order valence-electron chi connectivity index (χ3n) is 4.25. The van der Waals surface area contributed by atoms with E-state index in [-0.39, 0.29) is 12.3 Å². The highest BCUT2D eigenvalue weighted by atomic mass is 16.5. The summed E-state index contributed by atoms with van der Waals surface area (Å²) in [5.74, 6) is -1.93. The van der Waals surface area contributed by atoms with E-state index >= 15 is 0 Å². The van der Waals surface area contributed by atoms with Crippen LogP contribution in [0.15, 0.2) is 84.0 Å². The summed E-state index contributed by atoms with van der Waals surface area (Å²) in [6.45, 7) is 2.12. The number of para-hydroxylation sites is 1. The van der Waals surface area contributed by atoms with Crippen LogP contribution in [0, 0.1) is 6.92 Å². The topological polar surface area (TPSA) is 96.9 Å². The summed E-state index contributed by atoms with van der Waals surface area (Å²) in [6.07, 6.45) is 1.31. The zero-order valence-electron chi connectivity index (χ0n) is 16.9. The first kappa shape index (κ1) is 21.4. The molecule has 0 saturated heterocycles. The Morgan fingerprint density at radius 3 is 2.42 bits per heavy atom. The molecule has 0 bridgehead atoms. The molecule has 3 aromatic carbocycles. The molecule has 0 aliphatic rings. The zero-order chi connectivity index (χ0) is 22.1. The largest absolute Gasteiger partial charge is 0.422 e. The molecule has 156 valence electrons. The Kier molecular flexibility index (Phi) is 7.26. The number of esters is 1. The molecule has 2 N–H and O–H groups in total. The molecule has 0 heterocycles. The Morgan fingerprint density at radius 1 is 0.903 bits per heavy atom. The Balaban J connectivity index is 1.57. The summed E-state index contributed by atoms with van der Waals surface area (Å²) in [7, 11) is 0. The van der Waals surface area contributed by atoms with Crippen LogP contribution in [0.5, 0.6) is 5.75 Å². The van der Waals surface area contributed by atoms with E-state index in [2.05, 4.69) is 15.8 Å². The number of amides is 2. The van der Waals surface area contributed by atoms with Crippen LogP contribution in [-0.2, 0) is 16.1 Å². The summed E-state index contributed by atoms with van der Waals surface area (Å²) in [4.78, 5) is 36.2. The van der Waals surface area contributed by atoms with Gasteiger partial charge < -0.3 is 10.1 Å². The number of hydrogen-bond acceptors (Lipinski definition) is 5. The molecule has 0 spiro atoms.